The zero-order valence-corrected chi connectivity index (χ0v) is 19.2. The first-order valence-electron chi connectivity index (χ1n) is 10.4. The molecule has 0 amide bonds. The maximum atomic E-state index is 12.9. The van der Waals surface area contributed by atoms with E-state index in [1.807, 2.05) is 0 Å². The molecule has 0 radical (unpaired) electrons. The van der Waals surface area contributed by atoms with Gasteiger partial charge in [0.15, 0.2) is 5.76 Å². The van der Waals surface area contributed by atoms with E-state index in [0.29, 0.717) is 57.7 Å². The average Bonchev–Trinajstić information content (AvgIpc) is 3.44. The monoisotopic (exact) mass is 465 g/mol. The Hall–Kier alpha value is -4.27. The van der Waals surface area contributed by atoms with E-state index in [4.69, 9.17) is 28.2 Å². The van der Waals surface area contributed by atoms with Gasteiger partial charge in [-0.3, -0.25) is 9.59 Å². The van der Waals surface area contributed by atoms with Crippen LogP contribution in [0.5, 0.6) is 28.9 Å². The van der Waals surface area contributed by atoms with E-state index >= 15 is 0 Å². The summed E-state index contributed by atoms with van der Waals surface area (Å²) in [4.78, 5) is 25.3. The summed E-state index contributed by atoms with van der Waals surface area (Å²) in [5, 5.41) is 3.70. The minimum absolute atomic E-state index is 0.0788. The molecule has 3 aromatic rings. The largest absolute Gasteiger partial charge is 0.497 e. The Bertz CT molecular complexity index is 1270. The molecule has 9 nitrogen and oxygen atoms in total. The van der Waals surface area contributed by atoms with Crippen LogP contribution in [-0.2, 0) is 11.2 Å². The number of esters is 1. The number of Topliss-reactive ketones (excluding diaryl/α,β-unsaturated/α-hetero) is 1. The van der Waals surface area contributed by atoms with E-state index in [1.54, 1.807) is 63.6 Å². The molecule has 2 aromatic carbocycles. The summed E-state index contributed by atoms with van der Waals surface area (Å²) in [6.45, 7) is 1.73. The third kappa shape index (κ3) is 4.59. The Balaban J connectivity index is 1.50. The molecule has 0 saturated carbocycles. The van der Waals surface area contributed by atoms with Crippen LogP contribution in [0.4, 0.5) is 0 Å². The number of carbonyl (C=O) groups excluding carboxylic acids is 2. The van der Waals surface area contributed by atoms with Crippen molar-refractivity contribution in [3.63, 3.8) is 0 Å². The molecule has 0 aliphatic carbocycles. The molecule has 1 aliphatic rings. The average molecular weight is 465 g/mol. The van der Waals surface area contributed by atoms with Gasteiger partial charge in [-0.1, -0.05) is 0 Å². The summed E-state index contributed by atoms with van der Waals surface area (Å²) >= 11 is 0. The van der Waals surface area contributed by atoms with Crippen LogP contribution in [0.3, 0.4) is 0 Å². The Morgan fingerprint density at radius 3 is 2.53 bits per heavy atom. The predicted octanol–water partition coefficient (Wildman–Crippen LogP) is 4.16. The number of nitrogens with zero attached hydrogens (tertiary/aromatic N) is 1. The van der Waals surface area contributed by atoms with Gasteiger partial charge in [-0.05, 0) is 48.5 Å². The summed E-state index contributed by atoms with van der Waals surface area (Å²) < 4.78 is 32.1. The molecule has 2 heterocycles. The van der Waals surface area contributed by atoms with Crippen LogP contribution in [0.1, 0.15) is 33.7 Å². The van der Waals surface area contributed by atoms with Gasteiger partial charge < -0.3 is 28.2 Å². The Kier molecular flexibility index (Phi) is 6.53. The van der Waals surface area contributed by atoms with Crippen molar-refractivity contribution in [2.75, 3.05) is 21.3 Å². The van der Waals surface area contributed by atoms with Crippen molar-refractivity contribution in [3.05, 3.63) is 64.6 Å². The third-order valence-electron chi connectivity index (χ3n) is 5.31. The van der Waals surface area contributed by atoms with Crippen LogP contribution < -0.4 is 23.7 Å². The van der Waals surface area contributed by atoms with Crippen molar-refractivity contribution in [2.24, 2.45) is 0 Å². The Labute approximate surface area is 195 Å². The van der Waals surface area contributed by atoms with Crippen molar-refractivity contribution < 1.29 is 37.8 Å². The fourth-order valence-electron chi connectivity index (χ4n) is 3.48. The van der Waals surface area contributed by atoms with Gasteiger partial charge in [-0.25, -0.2) is 0 Å². The fraction of sp³-hybridized carbons (Fsp3) is 0.240. The molecule has 1 aliphatic heterocycles. The zero-order chi connectivity index (χ0) is 24.2. The number of benzene rings is 2. The summed E-state index contributed by atoms with van der Waals surface area (Å²) in [6, 6.07) is 10.0. The summed E-state index contributed by atoms with van der Waals surface area (Å²) in [5.74, 6) is 2.09. The maximum absolute atomic E-state index is 12.9. The van der Waals surface area contributed by atoms with Crippen LogP contribution in [0.2, 0.25) is 0 Å². The molecule has 0 N–H and O–H groups in total. The highest BCUT2D eigenvalue weighted by Gasteiger charge is 2.31. The highest BCUT2D eigenvalue weighted by molar-refractivity contribution is 6.15. The van der Waals surface area contributed by atoms with Crippen molar-refractivity contribution in [3.8, 4) is 28.9 Å². The van der Waals surface area contributed by atoms with E-state index in [0.717, 1.165) is 0 Å². The van der Waals surface area contributed by atoms with Crippen molar-refractivity contribution in [1.82, 2.24) is 5.16 Å². The molecule has 34 heavy (non-hydrogen) atoms. The second-order valence-electron chi connectivity index (χ2n) is 7.42. The molecule has 9 heteroatoms. The minimum Gasteiger partial charge on any atom is -0.497 e. The van der Waals surface area contributed by atoms with Gasteiger partial charge in [0.2, 0.25) is 5.78 Å². The van der Waals surface area contributed by atoms with Gasteiger partial charge in [0.05, 0.1) is 33.3 Å². The number of methoxy groups -OCH3 is 3. The quantitative estimate of drug-likeness (QED) is 0.275. The van der Waals surface area contributed by atoms with E-state index in [1.165, 1.54) is 7.11 Å². The summed E-state index contributed by atoms with van der Waals surface area (Å²) in [7, 11) is 4.58. The van der Waals surface area contributed by atoms with Gasteiger partial charge in [0.25, 0.3) is 5.88 Å². The number of hydrogen-bond donors (Lipinski definition) is 0. The van der Waals surface area contributed by atoms with Gasteiger partial charge in [-0.2, -0.15) is 0 Å². The maximum Gasteiger partial charge on any atom is 0.311 e. The van der Waals surface area contributed by atoms with E-state index in [9.17, 15) is 9.59 Å². The number of allylic oxidation sites excluding steroid dienone is 1. The van der Waals surface area contributed by atoms with Gasteiger partial charge in [0.1, 0.15) is 28.8 Å². The molecule has 176 valence electrons. The van der Waals surface area contributed by atoms with Crippen LogP contribution >= 0.6 is 0 Å². The number of rotatable bonds is 8. The topological polar surface area (TPSA) is 106 Å². The Morgan fingerprint density at radius 2 is 1.82 bits per heavy atom. The van der Waals surface area contributed by atoms with Crippen LogP contribution in [-0.4, -0.2) is 38.2 Å². The number of ether oxygens (including phenoxy) is 5. The standard InChI is InChI=1S/C25H23NO8/c1-14-19(32-23(27)10-6-17-13-22(31-4)26-34-17)9-7-18-24(28)21(33-25(14)18)12-15-11-16(29-2)5-8-20(15)30-3/h5,7-9,11-13H,6,10H2,1-4H3/b21-12-. The molecule has 1 aromatic heterocycles. The van der Waals surface area contributed by atoms with E-state index in [-0.39, 0.29) is 18.0 Å². The normalized spacial score (nSPS) is 13.4. The lowest BCUT2D eigenvalue weighted by Crippen LogP contribution is -2.10. The molecule has 0 unspecified atom stereocenters. The SMILES string of the molecule is COc1ccc(OC)c(/C=C2\Oc3c(ccc(OC(=O)CCc4cc(OC)no4)c3C)C2=O)c1. The second kappa shape index (κ2) is 9.70. The van der Waals surface area contributed by atoms with E-state index in [2.05, 4.69) is 5.16 Å². The molecule has 0 atom stereocenters. The number of fused-ring (bicyclic) bond motifs is 1. The zero-order valence-electron chi connectivity index (χ0n) is 19.2. The molecular weight excluding hydrogens is 442 g/mol. The van der Waals surface area contributed by atoms with E-state index < -0.39 is 5.97 Å². The number of aryl methyl sites for hydroxylation is 1. The van der Waals surface area contributed by atoms with Crippen LogP contribution in [0.25, 0.3) is 6.08 Å². The number of carbonyl (C=O) groups is 2. The van der Waals surface area contributed by atoms with Gasteiger partial charge in [-0.15, -0.1) is 0 Å². The highest BCUT2D eigenvalue weighted by atomic mass is 16.5. The van der Waals surface area contributed by atoms with Gasteiger partial charge >= 0.3 is 5.97 Å². The van der Waals surface area contributed by atoms with Crippen molar-refractivity contribution >= 4 is 17.8 Å². The molecular formula is C25H23NO8. The predicted molar refractivity (Wildman–Crippen MR) is 121 cm³/mol. The number of aromatic nitrogens is 1. The highest BCUT2D eigenvalue weighted by Crippen LogP contribution is 2.40. The van der Waals surface area contributed by atoms with Gasteiger partial charge in [0, 0.05) is 23.6 Å². The van der Waals surface area contributed by atoms with Crippen molar-refractivity contribution in [2.45, 2.75) is 19.8 Å². The summed E-state index contributed by atoms with van der Waals surface area (Å²) in [6.07, 6.45) is 1.99. The Morgan fingerprint density at radius 1 is 1.03 bits per heavy atom. The summed E-state index contributed by atoms with van der Waals surface area (Å²) in [5.41, 5.74) is 1.56. The first-order valence-corrected chi connectivity index (χ1v) is 10.4. The fourth-order valence-corrected chi connectivity index (χ4v) is 3.48. The van der Waals surface area contributed by atoms with Crippen LogP contribution in [0.15, 0.2) is 46.7 Å². The second-order valence-corrected chi connectivity index (χ2v) is 7.42. The lowest BCUT2D eigenvalue weighted by atomic mass is 10.1. The molecule has 0 bridgehead atoms. The number of ketones is 1. The molecule has 0 fully saturated rings. The lowest BCUT2D eigenvalue weighted by molar-refractivity contribution is -0.134. The first-order chi connectivity index (χ1) is 16.4. The first kappa shape index (κ1) is 22.9. The molecule has 4 rings (SSSR count). The lowest BCUT2D eigenvalue weighted by Gasteiger charge is -2.10. The number of hydrogen-bond acceptors (Lipinski definition) is 9. The minimum atomic E-state index is -0.459. The third-order valence-corrected chi connectivity index (χ3v) is 5.31. The molecule has 0 saturated heterocycles. The van der Waals surface area contributed by atoms with Crippen molar-refractivity contribution in [1.29, 1.82) is 0 Å². The molecule has 0 spiro atoms. The smallest absolute Gasteiger partial charge is 0.311 e. The van der Waals surface area contributed by atoms with Crippen LogP contribution in [0, 0.1) is 6.92 Å².